The van der Waals surface area contributed by atoms with Crippen LogP contribution in [0.2, 0.25) is 0 Å². The fourth-order valence-corrected chi connectivity index (χ4v) is 2.83. The van der Waals surface area contributed by atoms with Gasteiger partial charge in [-0.1, -0.05) is 0 Å². The Kier molecular flexibility index (Phi) is 6.89. The molecule has 1 saturated heterocycles. The lowest BCUT2D eigenvalue weighted by Gasteiger charge is -2.15. The zero-order valence-corrected chi connectivity index (χ0v) is 16.4. The largest absolute Gasteiger partial charge is 0.493 e. The molecule has 11 heteroatoms. The average Bonchev–Trinajstić information content (AvgIpc) is 3.44. The van der Waals surface area contributed by atoms with Gasteiger partial charge in [0.05, 0.1) is 12.9 Å². The van der Waals surface area contributed by atoms with Crippen LogP contribution in [0.5, 0.6) is 5.88 Å². The van der Waals surface area contributed by atoms with Crippen molar-refractivity contribution in [1.29, 1.82) is 0 Å². The third-order valence-electron chi connectivity index (χ3n) is 4.34. The number of carboxylic acid groups (broad SMARTS) is 1. The lowest BCUT2D eigenvalue weighted by Crippen LogP contribution is -2.33. The minimum absolute atomic E-state index is 0.0164. The van der Waals surface area contributed by atoms with Crippen molar-refractivity contribution in [2.45, 2.75) is 12.8 Å². The third kappa shape index (κ3) is 5.85. The number of hydrogen-bond donors (Lipinski definition) is 4. The van der Waals surface area contributed by atoms with Crippen LogP contribution in [0, 0.1) is 0 Å². The predicted molar refractivity (Wildman–Crippen MR) is 109 cm³/mol. The van der Waals surface area contributed by atoms with Gasteiger partial charge >= 0.3 is 5.97 Å². The van der Waals surface area contributed by atoms with Crippen molar-refractivity contribution in [2.75, 3.05) is 18.4 Å². The summed E-state index contributed by atoms with van der Waals surface area (Å²) in [6.07, 6.45) is 7.37. The highest BCUT2D eigenvalue weighted by Crippen LogP contribution is 2.21. The van der Waals surface area contributed by atoms with Crippen LogP contribution in [0.1, 0.15) is 23.2 Å². The molecular formula is C20H20N6O5. The summed E-state index contributed by atoms with van der Waals surface area (Å²) in [7, 11) is 0. The van der Waals surface area contributed by atoms with Gasteiger partial charge in [0.1, 0.15) is 5.56 Å². The second-order valence-electron chi connectivity index (χ2n) is 6.54. The summed E-state index contributed by atoms with van der Waals surface area (Å²) >= 11 is 0. The lowest BCUT2D eigenvalue weighted by molar-refractivity contribution is -0.131. The Morgan fingerprint density at radius 3 is 2.52 bits per heavy atom. The van der Waals surface area contributed by atoms with E-state index in [1.807, 2.05) is 0 Å². The lowest BCUT2D eigenvalue weighted by atomic mass is 10.2. The summed E-state index contributed by atoms with van der Waals surface area (Å²) in [5, 5.41) is 21.2. The number of aromatic amines is 1. The van der Waals surface area contributed by atoms with Gasteiger partial charge in [0.15, 0.2) is 5.82 Å². The molecule has 0 spiro atoms. The standard InChI is InChI=1S/C17H16N4O5.C3H4N2/c22-13(9-21-7-1-2-14(21)23)19-11-5-3-10(4-6-11)15-18-8-12(17(25)26)16(24)20-15;1-2-5-3-4-1/h3-6,8H,1-2,7,9H2,(H,19,22)(H,25,26)(H,18,20,24);1-3H,(H,4,5). The van der Waals surface area contributed by atoms with E-state index in [2.05, 4.69) is 25.3 Å². The number of aromatic carboxylic acids is 1. The number of carbonyl (C=O) groups is 3. The number of nitrogens with one attached hydrogen (secondary N) is 2. The van der Waals surface area contributed by atoms with E-state index in [-0.39, 0.29) is 29.7 Å². The molecule has 4 rings (SSSR count). The van der Waals surface area contributed by atoms with Crippen LogP contribution in [0.25, 0.3) is 11.4 Å². The van der Waals surface area contributed by atoms with Crippen molar-refractivity contribution in [3.8, 4) is 17.3 Å². The molecular weight excluding hydrogens is 404 g/mol. The van der Waals surface area contributed by atoms with Gasteiger partial charge in [0.2, 0.25) is 17.7 Å². The maximum atomic E-state index is 12.0. The first-order valence-corrected chi connectivity index (χ1v) is 9.34. The number of carboxylic acids is 1. The van der Waals surface area contributed by atoms with E-state index in [1.165, 1.54) is 4.90 Å². The maximum Gasteiger partial charge on any atom is 0.342 e. The number of amides is 2. The number of likely N-dealkylation sites (tertiary alicyclic amines) is 1. The van der Waals surface area contributed by atoms with Crippen LogP contribution >= 0.6 is 0 Å². The Hall–Kier alpha value is -4.28. The molecule has 1 aromatic carbocycles. The maximum absolute atomic E-state index is 12.0. The molecule has 0 unspecified atom stereocenters. The van der Waals surface area contributed by atoms with Crippen LogP contribution in [0.15, 0.2) is 49.2 Å². The van der Waals surface area contributed by atoms with Crippen LogP contribution < -0.4 is 5.32 Å². The Balaban J connectivity index is 0.000000478. The summed E-state index contributed by atoms with van der Waals surface area (Å²) in [5.41, 5.74) is 0.704. The van der Waals surface area contributed by atoms with Crippen molar-refractivity contribution in [2.24, 2.45) is 0 Å². The number of nitrogens with zero attached hydrogens (tertiary/aromatic N) is 4. The first kappa shape index (κ1) is 21.4. The first-order valence-electron chi connectivity index (χ1n) is 9.34. The molecule has 1 aliphatic heterocycles. The van der Waals surface area contributed by atoms with Gasteiger partial charge in [-0.25, -0.2) is 14.8 Å². The fraction of sp³-hybridized carbons (Fsp3) is 0.200. The van der Waals surface area contributed by atoms with Gasteiger partial charge in [-0.05, 0) is 30.7 Å². The summed E-state index contributed by atoms with van der Waals surface area (Å²) < 4.78 is 0. The van der Waals surface area contributed by atoms with Gasteiger partial charge < -0.3 is 25.4 Å². The molecule has 160 valence electrons. The molecule has 0 aliphatic carbocycles. The van der Waals surface area contributed by atoms with E-state index in [4.69, 9.17) is 5.11 Å². The Morgan fingerprint density at radius 2 is 2.00 bits per heavy atom. The van der Waals surface area contributed by atoms with Gasteiger partial charge in [-0.15, -0.1) is 0 Å². The SMILES string of the molecule is O=C(CN1CCCC1=O)Nc1ccc(-c2ncc(C(=O)O)c(O)n2)cc1.c1c[nH]cn1. The second-order valence-corrected chi connectivity index (χ2v) is 6.54. The molecule has 3 heterocycles. The van der Waals surface area contributed by atoms with Crippen LogP contribution in [-0.2, 0) is 9.59 Å². The van der Waals surface area contributed by atoms with Crippen molar-refractivity contribution in [3.05, 3.63) is 54.7 Å². The third-order valence-corrected chi connectivity index (χ3v) is 4.34. The van der Waals surface area contributed by atoms with E-state index in [0.29, 0.717) is 24.2 Å². The molecule has 31 heavy (non-hydrogen) atoms. The number of hydrogen-bond acceptors (Lipinski definition) is 7. The Morgan fingerprint density at radius 1 is 1.23 bits per heavy atom. The van der Waals surface area contributed by atoms with Crippen molar-refractivity contribution < 1.29 is 24.6 Å². The van der Waals surface area contributed by atoms with Crippen molar-refractivity contribution >= 4 is 23.5 Å². The van der Waals surface area contributed by atoms with Gasteiger partial charge in [0, 0.05) is 42.8 Å². The number of anilines is 1. The predicted octanol–water partition coefficient (Wildman–Crippen LogP) is 1.52. The highest BCUT2D eigenvalue weighted by molar-refractivity contribution is 5.95. The van der Waals surface area contributed by atoms with Crippen LogP contribution in [0.4, 0.5) is 5.69 Å². The van der Waals surface area contributed by atoms with Crippen LogP contribution in [0.3, 0.4) is 0 Å². The summed E-state index contributed by atoms with van der Waals surface area (Å²) in [4.78, 5) is 50.0. The number of imidazole rings is 1. The van der Waals surface area contributed by atoms with E-state index in [1.54, 1.807) is 43.0 Å². The Bertz CT molecular complexity index is 1040. The minimum Gasteiger partial charge on any atom is -0.493 e. The molecule has 1 aliphatic rings. The van der Waals surface area contributed by atoms with Gasteiger partial charge in [0.25, 0.3) is 0 Å². The van der Waals surface area contributed by atoms with Crippen molar-refractivity contribution in [1.82, 2.24) is 24.8 Å². The molecule has 3 aromatic rings. The quantitative estimate of drug-likeness (QED) is 0.479. The molecule has 2 aromatic heterocycles. The molecule has 0 radical (unpaired) electrons. The molecule has 4 N–H and O–H groups in total. The number of aromatic hydroxyl groups is 1. The summed E-state index contributed by atoms with van der Waals surface area (Å²) in [6, 6.07) is 6.52. The van der Waals surface area contributed by atoms with E-state index in [9.17, 15) is 19.5 Å². The zero-order chi connectivity index (χ0) is 22.2. The number of rotatable bonds is 5. The van der Waals surface area contributed by atoms with E-state index < -0.39 is 11.8 Å². The average molecular weight is 424 g/mol. The second kappa shape index (κ2) is 9.96. The topological polar surface area (TPSA) is 161 Å². The summed E-state index contributed by atoms with van der Waals surface area (Å²) in [5.74, 6) is -2.07. The fourth-order valence-electron chi connectivity index (χ4n) is 2.83. The number of aromatic nitrogens is 4. The monoisotopic (exact) mass is 424 g/mol. The number of H-pyrrole nitrogens is 1. The molecule has 0 atom stereocenters. The highest BCUT2D eigenvalue weighted by Gasteiger charge is 2.22. The highest BCUT2D eigenvalue weighted by atomic mass is 16.4. The Labute approximate surface area is 176 Å². The number of benzene rings is 1. The smallest absolute Gasteiger partial charge is 0.342 e. The van der Waals surface area contributed by atoms with E-state index >= 15 is 0 Å². The van der Waals surface area contributed by atoms with Crippen molar-refractivity contribution in [3.63, 3.8) is 0 Å². The molecule has 2 amide bonds. The molecule has 11 nitrogen and oxygen atoms in total. The normalized spacial score (nSPS) is 12.8. The van der Waals surface area contributed by atoms with Crippen LogP contribution in [-0.4, -0.2) is 65.9 Å². The first-order chi connectivity index (χ1) is 14.9. The van der Waals surface area contributed by atoms with Gasteiger partial charge in [-0.2, -0.15) is 4.98 Å². The minimum atomic E-state index is -1.32. The molecule has 1 fully saturated rings. The number of carbonyl (C=O) groups excluding carboxylic acids is 2. The molecule has 0 bridgehead atoms. The summed E-state index contributed by atoms with van der Waals surface area (Å²) in [6.45, 7) is 0.618. The van der Waals surface area contributed by atoms with E-state index in [0.717, 1.165) is 12.6 Å². The molecule has 0 saturated carbocycles. The van der Waals surface area contributed by atoms with Gasteiger partial charge in [-0.3, -0.25) is 9.59 Å². The zero-order valence-electron chi connectivity index (χ0n) is 16.4.